The van der Waals surface area contributed by atoms with Crippen LogP contribution in [0.25, 0.3) is 0 Å². The predicted molar refractivity (Wildman–Crippen MR) is 34.0 cm³/mol. The smallest absolute Gasteiger partial charge is 0.176 e. The lowest BCUT2D eigenvalue weighted by molar-refractivity contribution is 0.881. The number of nitrogens with zero attached hydrogens (tertiary/aromatic N) is 3. The van der Waals surface area contributed by atoms with E-state index in [2.05, 4.69) is 25.1 Å². The molecule has 1 aromatic rings. The molecule has 0 aliphatic heterocycles. The Morgan fingerprint density at radius 3 is 2.86 bits per heavy atom. The molecule has 7 heavy (non-hydrogen) atoms. The van der Waals surface area contributed by atoms with E-state index in [4.69, 9.17) is 0 Å². The van der Waals surface area contributed by atoms with Crippen molar-refractivity contribution in [1.82, 2.24) is 20.6 Å². The lowest BCUT2D eigenvalue weighted by Gasteiger charge is -1.64. The van der Waals surface area contributed by atoms with Gasteiger partial charge in [0.2, 0.25) is 3.83 Å². The maximum atomic E-state index is 3.67. The van der Waals surface area contributed by atoms with Gasteiger partial charge in [0.05, 0.1) is 0 Å². The highest BCUT2D eigenvalue weighted by Crippen LogP contribution is 1.94. The van der Waals surface area contributed by atoms with Crippen LogP contribution in [0, 0.1) is 3.83 Å². The Balaban J connectivity index is 2.96. The van der Waals surface area contributed by atoms with E-state index in [0.29, 0.717) is 0 Å². The van der Waals surface area contributed by atoms with Crippen molar-refractivity contribution in [3.05, 3.63) is 3.83 Å². The SMILES string of the molecule is C=Ic1nn[nH]n1. The van der Waals surface area contributed by atoms with Gasteiger partial charge in [0.15, 0.2) is 0 Å². The number of aromatic nitrogens is 4. The average molecular weight is 210 g/mol. The summed E-state index contributed by atoms with van der Waals surface area (Å²) in [6.45, 7) is 0. The van der Waals surface area contributed by atoms with Gasteiger partial charge in [-0.2, -0.15) is 5.21 Å². The molecule has 0 spiro atoms. The number of tetrazole rings is 1. The summed E-state index contributed by atoms with van der Waals surface area (Å²) in [7, 11) is 0. The van der Waals surface area contributed by atoms with Gasteiger partial charge in [-0.1, -0.05) is 4.51 Å². The summed E-state index contributed by atoms with van der Waals surface area (Å²) in [6, 6.07) is 0. The van der Waals surface area contributed by atoms with Gasteiger partial charge in [-0.3, -0.25) is 0 Å². The Morgan fingerprint density at radius 2 is 2.57 bits per heavy atom. The quantitative estimate of drug-likeness (QED) is 0.651. The normalized spacial score (nSPS) is 9.14. The standard InChI is InChI=1S/C2H3IN4/c1-3-2-4-6-7-5-2/h1H2,(H,4,5,6,7). The second-order valence-corrected chi connectivity index (χ2v) is 2.54. The van der Waals surface area contributed by atoms with E-state index in [1.54, 1.807) is 0 Å². The molecule has 0 fully saturated rings. The van der Waals surface area contributed by atoms with E-state index >= 15 is 0 Å². The summed E-state index contributed by atoms with van der Waals surface area (Å²) in [5, 5.41) is 13.0. The summed E-state index contributed by atoms with van der Waals surface area (Å²) in [4.78, 5) is 0. The molecule has 0 aliphatic rings. The number of rotatable bonds is 1. The maximum Gasteiger partial charge on any atom is 0.227 e. The minimum Gasteiger partial charge on any atom is -0.176 e. The third kappa shape index (κ3) is 1.02. The van der Waals surface area contributed by atoms with E-state index in [-0.39, 0.29) is 20.7 Å². The second kappa shape index (κ2) is 2.10. The van der Waals surface area contributed by atoms with Crippen molar-refractivity contribution >= 4 is 25.2 Å². The van der Waals surface area contributed by atoms with Gasteiger partial charge in [-0.05, 0) is 25.9 Å². The third-order valence-electron chi connectivity index (χ3n) is 0.439. The van der Waals surface area contributed by atoms with Crippen molar-refractivity contribution in [1.29, 1.82) is 0 Å². The van der Waals surface area contributed by atoms with Crippen LogP contribution in [0.15, 0.2) is 0 Å². The van der Waals surface area contributed by atoms with Crippen LogP contribution in [0.4, 0.5) is 0 Å². The highest BCUT2D eigenvalue weighted by Gasteiger charge is 1.83. The summed E-state index contributed by atoms with van der Waals surface area (Å²) < 4.78 is 4.42. The average Bonchev–Trinajstić information content (AvgIpc) is 2.14. The first-order chi connectivity index (χ1) is 3.43. The lowest BCUT2D eigenvalue weighted by atomic mass is 11.4. The fourth-order valence-electron chi connectivity index (χ4n) is 0.206. The van der Waals surface area contributed by atoms with Crippen molar-refractivity contribution in [3.63, 3.8) is 0 Å². The topological polar surface area (TPSA) is 54.5 Å². The van der Waals surface area contributed by atoms with E-state index in [1.165, 1.54) is 0 Å². The molecular weight excluding hydrogens is 207 g/mol. The zero-order valence-electron chi connectivity index (χ0n) is 3.43. The van der Waals surface area contributed by atoms with E-state index in [1.807, 2.05) is 0 Å². The fourth-order valence-corrected chi connectivity index (χ4v) is 0.745. The number of hydrogen-bond acceptors (Lipinski definition) is 3. The molecule has 5 heteroatoms. The Kier molecular flexibility index (Phi) is 1.45. The van der Waals surface area contributed by atoms with Crippen LogP contribution in [0.5, 0.6) is 0 Å². The summed E-state index contributed by atoms with van der Waals surface area (Å²) in [6.07, 6.45) is 0. The van der Waals surface area contributed by atoms with Gasteiger partial charge < -0.3 is 0 Å². The van der Waals surface area contributed by atoms with Crippen LogP contribution >= 0.6 is 20.7 Å². The van der Waals surface area contributed by atoms with Gasteiger partial charge in [-0.15, -0.1) is 10.2 Å². The van der Waals surface area contributed by atoms with Crippen molar-refractivity contribution in [2.45, 2.75) is 0 Å². The molecule has 0 radical (unpaired) electrons. The molecule has 38 valence electrons. The number of halogens is 1. The summed E-state index contributed by atoms with van der Waals surface area (Å²) in [5.74, 6) is 0. The first kappa shape index (κ1) is 4.82. The molecular formula is C2H3IN4. The monoisotopic (exact) mass is 210 g/mol. The fraction of sp³-hybridized carbons (Fsp3) is 0. The molecule has 0 amide bonds. The number of hydrogen-bond donors (Lipinski definition) is 1. The van der Waals surface area contributed by atoms with Gasteiger partial charge in [-0.25, -0.2) is 0 Å². The molecule has 0 bridgehead atoms. The van der Waals surface area contributed by atoms with Crippen LogP contribution in [-0.4, -0.2) is 25.1 Å². The Labute approximate surface area is 50.1 Å². The zero-order chi connectivity index (χ0) is 5.11. The molecule has 0 atom stereocenters. The Bertz CT molecular complexity index is 145. The zero-order valence-corrected chi connectivity index (χ0v) is 5.58. The molecule has 0 saturated heterocycles. The van der Waals surface area contributed by atoms with E-state index in [9.17, 15) is 0 Å². The van der Waals surface area contributed by atoms with E-state index in [0.717, 1.165) is 3.83 Å². The first-order valence-corrected chi connectivity index (χ1v) is 4.16. The number of nitrogens with one attached hydrogen (secondary N) is 1. The third-order valence-corrected chi connectivity index (χ3v) is 1.58. The Morgan fingerprint density at radius 1 is 1.71 bits per heavy atom. The van der Waals surface area contributed by atoms with Crippen molar-refractivity contribution < 1.29 is 0 Å². The molecule has 0 aliphatic carbocycles. The van der Waals surface area contributed by atoms with Gasteiger partial charge in [0.1, 0.15) is 0 Å². The molecule has 1 heterocycles. The highest BCUT2D eigenvalue weighted by molar-refractivity contribution is 14.2. The second-order valence-electron chi connectivity index (χ2n) is 0.814. The minimum absolute atomic E-state index is 0.219. The minimum atomic E-state index is -0.219. The van der Waals surface area contributed by atoms with Gasteiger partial charge >= 0.3 is 0 Å². The molecule has 4 nitrogen and oxygen atoms in total. The molecule has 0 unspecified atom stereocenters. The Hall–Kier alpha value is -0.330. The highest BCUT2D eigenvalue weighted by atomic mass is 127. The van der Waals surface area contributed by atoms with E-state index < -0.39 is 0 Å². The number of aromatic amines is 1. The summed E-state index contributed by atoms with van der Waals surface area (Å²) in [5.41, 5.74) is 0. The van der Waals surface area contributed by atoms with Crippen LogP contribution < -0.4 is 0 Å². The molecule has 1 rings (SSSR count). The van der Waals surface area contributed by atoms with Crippen LogP contribution in [0.1, 0.15) is 0 Å². The maximum absolute atomic E-state index is 3.67. The number of H-pyrrole nitrogens is 1. The molecule has 0 saturated carbocycles. The molecule has 0 aromatic carbocycles. The van der Waals surface area contributed by atoms with Gasteiger partial charge in [0, 0.05) is 0 Å². The van der Waals surface area contributed by atoms with Crippen molar-refractivity contribution in [3.8, 4) is 0 Å². The first-order valence-electron chi connectivity index (χ1n) is 1.55. The van der Waals surface area contributed by atoms with Crippen molar-refractivity contribution in [2.24, 2.45) is 0 Å². The van der Waals surface area contributed by atoms with Crippen LogP contribution in [-0.2, 0) is 0 Å². The largest absolute Gasteiger partial charge is 0.227 e. The van der Waals surface area contributed by atoms with Gasteiger partial charge in [0.25, 0.3) is 0 Å². The molecule has 1 N–H and O–H groups in total. The lowest BCUT2D eigenvalue weighted by Crippen LogP contribution is -1.70. The summed E-state index contributed by atoms with van der Waals surface area (Å²) >= 11 is -0.219. The van der Waals surface area contributed by atoms with Crippen molar-refractivity contribution in [2.75, 3.05) is 0 Å². The molecule has 1 aromatic heterocycles. The van der Waals surface area contributed by atoms with Crippen LogP contribution in [0.2, 0.25) is 0 Å². The van der Waals surface area contributed by atoms with Crippen LogP contribution in [0.3, 0.4) is 0 Å². The predicted octanol–water partition coefficient (Wildman–Crippen LogP) is -0.228.